The molecule has 0 aliphatic heterocycles. The number of rotatable bonds is 5. The van der Waals surface area contributed by atoms with E-state index in [0.717, 1.165) is 12.1 Å². The molecule has 0 unspecified atom stereocenters. The summed E-state index contributed by atoms with van der Waals surface area (Å²) in [6, 6.07) is 5.56. The fraction of sp³-hybridized carbons (Fsp3) is 0.0714. The molecular formula is C14H11F2NO5S. The molecule has 0 saturated heterocycles. The SMILES string of the molecule is O=C(O)c1cc(F)cc(S(=O)(=O)Nc2c(F)cccc2CO)c1. The molecule has 0 amide bonds. The summed E-state index contributed by atoms with van der Waals surface area (Å²) >= 11 is 0. The number of para-hydroxylation sites is 1. The Hall–Kier alpha value is -2.52. The molecule has 0 aliphatic carbocycles. The number of carboxylic acid groups (broad SMARTS) is 1. The first kappa shape index (κ1) is 16.8. The zero-order chi connectivity index (χ0) is 17.2. The van der Waals surface area contributed by atoms with Crippen molar-refractivity contribution in [2.24, 2.45) is 0 Å². The van der Waals surface area contributed by atoms with Gasteiger partial charge in [0.2, 0.25) is 0 Å². The van der Waals surface area contributed by atoms with Crippen molar-refractivity contribution < 1.29 is 32.2 Å². The molecule has 0 spiro atoms. The average molecular weight is 343 g/mol. The standard InChI is InChI=1S/C14H11F2NO5S/c15-10-4-9(14(19)20)5-11(6-10)23(21,22)17-13-8(7-18)2-1-3-12(13)16/h1-6,17-18H,7H2,(H,19,20). The maximum absolute atomic E-state index is 13.8. The van der Waals surface area contributed by atoms with Crippen molar-refractivity contribution in [1.29, 1.82) is 0 Å². The molecule has 6 nitrogen and oxygen atoms in total. The van der Waals surface area contributed by atoms with Gasteiger partial charge in [0.1, 0.15) is 11.6 Å². The summed E-state index contributed by atoms with van der Waals surface area (Å²) in [5.41, 5.74) is -1.08. The second-order valence-electron chi connectivity index (χ2n) is 4.52. The van der Waals surface area contributed by atoms with Gasteiger partial charge in [0, 0.05) is 5.56 Å². The molecule has 0 radical (unpaired) electrons. The normalized spacial score (nSPS) is 11.3. The molecule has 0 aliphatic rings. The number of hydrogen-bond acceptors (Lipinski definition) is 4. The molecule has 122 valence electrons. The Kier molecular flexibility index (Phi) is 4.62. The lowest BCUT2D eigenvalue weighted by atomic mass is 10.2. The second kappa shape index (κ2) is 6.31. The lowest BCUT2D eigenvalue weighted by Crippen LogP contribution is -2.16. The van der Waals surface area contributed by atoms with Crippen LogP contribution in [0.4, 0.5) is 14.5 Å². The molecule has 2 aromatic rings. The largest absolute Gasteiger partial charge is 0.478 e. The van der Waals surface area contributed by atoms with E-state index in [1.54, 1.807) is 0 Å². The molecule has 9 heteroatoms. The molecule has 0 fully saturated rings. The molecule has 2 rings (SSSR count). The van der Waals surface area contributed by atoms with Crippen LogP contribution < -0.4 is 4.72 Å². The zero-order valence-electron chi connectivity index (χ0n) is 11.5. The van der Waals surface area contributed by atoms with Gasteiger partial charge in [0.15, 0.2) is 0 Å². The van der Waals surface area contributed by atoms with Gasteiger partial charge in [0.05, 0.1) is 22.8 Å². The van der Waals surface area contributed by atoms with Gasteiger partial charge in [-0.15, -0.1) is 0 Å². The van der Waals surface area contributed by atoms with Crippen molar-refractivity contribution in [2.75, 3.05) is 4.72 Å². The highest BCUT2D eigenvalue weighted by Gasteiger charge is 2.21. The highest BCUT2D eigenvalue weighted by Crippen LogP contribution is 2.24. The molecule has 0 aromatic heterocycles. The van der Waals surface area contributed by atoms with E-state index in [1.165, 1.54) is 12.1 Å². The van der Waals surface area contributed by atoms with Gasteiger partial charge < -0.3 is 10.2 Å². The predicted octanol–water partition coefficient (Wildman–Crippen LogP) is 1.96. The maximum atomic E-state index is 13.8. The number of aliphatic hydroxyl groups excluding tert-OH is 1. The molecule has 23 heavy (non-hydrogen) atoms. The van der Waals surface area contributed by atoms with E-state index < -0.39 is 50.4 Å². The summed E-state index contributed by atoms with van der Waals surface area (Å²) in [6.45, 7) is -0.626. The van der Waals surface area contributed by atoms with Crippen molar-refractivity contribution in [3.63, 3.8) is 0 Å². The van der Waals surface area contributed by atoms with E-state index >= 15 is 0 Å². The third-order valence-corrected chi connectivity index (χ3v) is 4.26. The number of aromatic carboxylic acids is 1. The van der Waals surface area contributed by atoms with Crippen LogP contribution in [0, 0.1) is 11.6 Å². The molecule has 0 heterocycles. The number of nitrogens with one attached hydrogen (secondary N) is 1. The van der Waals surface area contributed by atoms with Gasteiger partial charge in [-0.05, 0) is 24.3 Å². The Morgan fingerprint density at radius 3 is 2.48 bits per heavy atom. The number of carboxylic acids is 1. The van der Waals surface area contributed by atoms with Crippen molar-refractivity contribution in [1.82, 2.24) is 0 Å². The van der Waals surface area contributed by atoms with Crippen LogP contribution in [0.25, 0.3) is 0 Å². The van der Waals surface area contributed by atoms with Crippen molar-refractivity contribution in [3.8, 4) is 0 Å². The Morgan fingerprint density at radius 2 is 1.87 bits per heavy atom. The van der Waals surface area contributed by atoms with Crippen LogP contribution in [-0.2, 0) is 16.6 Å². The summed E-state index contributed by atoms with van der Waals surface area (Å²) in [7, 11) is -4.45. The van der Waals surface area contributed by atoms with Crippen molar-refractivity contribution >= 4 is 21.7 Å². The summed E-state index contributed by atoms with van der Waals surface area (Å²) in [5, 5.41) is 18.0. The molecule has 3 N–H and O–H groups in total. The number of anilines is 1. The van der Waals surface area contributed by atoms with Gasteiger partial charge in [-0.25, -0.2) is 22.0 Å². The highest BCUT2D eigenvalue weighted by molar-refractivity contribution is 7.92. The summed E-state index contributed by atoms with van der Waals surface area (Å²) in [5.74, 6) is -3.51. The third-order valence-electron chi connectivity index (χ3n) is 2.94. The average Bonchev–Trinajstić information content (AvgIpc) is 2.48. The fourth-order valence-corrected chi connectivity index (χ4v) is 3.01. The quantitative estimate of drug-likeness (QED) is 0.770. The first-order valence-corrected chi connectivity index (χ1v) is 7.68. The van der Waals surface area contributed by atoms with E-state index in [9.17, 15) is 22.0 Å². The number of carbonyl (C=O) groups is 1. The summed E-state index contributed by atoms with van der Waals surface area (Å²) in [6.07, 6.45) is 0. The van der Waals surface area contributed by atoms with Gasteiger partial charge in [-0.2, -0.15) is 0 Å². The fourth-order valence-electron chi connectivity index (χ4n) is 1.85. The first-order valence-electron chi connectivity index (χ1n) is 6.19. The molecule has 0 bridgehead atoms. The summed E-state index contributed by atoms with van der Waals surface area (Å²) in [4.78, 5) is 10.2. The van der Waals surface area contributed by atoms with Crippen LogP contribution in [0.1, 0.15) is 15.9 Å². The van der Waals surface area contributed by atoms with Crippen LogP contribution >= 0.6 is 0 Å². The smallest absolute Gasteiger partial charge is 0.335 e. The van der Waals surface area contributed by atoms with Gasteiger partial charge in [-0.1, -0.05) is 12.1 Å². The van der Waals surface area contributed by atoms with Gasteiger partial charge in [0.25, 0.3) is 10.0 Å². The maximum Gasteiger partial charge on any atom is 0.335 e. The lowest BCUT2D eigenvalue weighted by Gasteiger charge is -2.12. The van der Waals surface area contributed by atoms with Crippen LogP contribution in [0.5, 0.6) is 0 Å². The number of halogens is 2. The van der Waals surface area contributed by atoms with Gasteiger partial charge >= 0.3 is 5.97 Å². The van der Waals surface area contributed by atoms with Gasteiger partial charge in [-0.3, -0.25) is 4.72 Å². The van der Waals surface area contributed by atoms with Crippen LogP contribution in [0.15, 0.2) is 41.3 Å². The molecule has 0 saturated carbocycles. The number of aliphatic hydroxyl groups is 1. The number of benzene rings is 2. The second-order valence-corrected chi connectivity index (χ2v) is 6.20. The van der Waals surface area contributed by atoms with E-state index in [0.29, 0.717) is 12.1 Å². The highest BCUT2D eigenvalue weighted by atomic mass is 32.2. The Labute approximate surface area is 130 Å². The topological polar surface area (TPSA) is 104 Å². The number of sulfonamides is 1. The van der Waals surface area contributed by atoms with E-state index in [1.807, 2.05) is 4.72 Å². The lowest BCUT2D eigenvalue weighted by molar-refractivity contribution is 0.0696. The monoisotopic (exact) mass is 343 g/mol. The van der Waals surface area contributed by atoms with Crippen LogP contribution in [-0.4, -0.2) is 24.6 Å². The minimum atomic E-state index is -4.45. The van der Waals surface area contributed by atoms with E-state index in [4.69, 9.17) is 10.2 Å². The van der Waals surface area contributed by atoms with Crippen LogP contribution in [0.3, 0.4) is 0 Å². The van der Waals surface area contributed by atoms with E-state index in [-0.39, 0.29) is 5.56 Å². The Bertz CT molecular complexity index is 867. The summed E-state index contributed by atoms with van der Waals surface area (Å²) < 4.78 is 53.5. The molecular weight excluding hydrogens is 332 g/mol. The zero-order valence-corrected chi connectivity index (χ0v) is 12.3. The van der Waals surface area contributed by atoms with E-state index in [2.05, 4.69) is 0 Å². The Morgan fingerprint density at radius 1 is 1.17 bits per heavy atom. The van der Waals surface area contributed by atoms with Crippen molar-refractivity contribution in [3.05, 3.63) is 59.2 Å². The third kappa shape index (κ3) is 3.63. The first-order chi connectivity index (χ1) is 10.7. The predicted molar refractivity (Wildman–Crippen MR) is 76.5 cm³/mol. The van der Waals surface area contributed by atoms with Crippen molar-refractivity contribution in [2.45, 2.75) is 11.5 Å². The number of hydrogen-bond donors (Lipinski definition) is 3. The minimum absolute atomic E-state index is 0.0246. The molecule has 2 aromatic carbocycles. The van der Waals surface area contributed by atoms with Crippen LogP contribution in [0.2, 0.25) is 0 Å². The Balaban J connectivity index is 2.50. The minimum Gasteiger partial charge on any atom is -0.478 e. The molecule has 0 atom stereocenters.